The Morgan fingerprint density at radius 2 is 2.07 bits per heavy atom. The highest BCUT2D eigenvalue weighted by Crippen LogP contribution is 2.15. The van der Waals surface area contributed by atoms with Gasteiger partial charge in [-0.25, -0.2) is 4.68 Å². The minimum Gasteiger partial charge on any atom is -0.368 e. The van der Waals surface area contributed by atoms with Crippen molar-refractivity contribution in [3.63, 3.8) is 0 Å². The summed E-state index contributed by atoms with van der Waals surface area (Å²) in [5.41, 5.74) is 6.07. The molecule has 1 aromatic carbocycles. The molecule has 0 bridgehead atoms. The van der Waals surface area contributed by atoms with Gasteiger partial charge in [-0.1, -0.05) is 30.3 Å². The van der Waals surface area contributed by atoms with Crippen molar-refractivity contribution in [2.24, 2.45) is 5.73 Å². The molecule has 6 nitrogen and oxygen atoms in total. The number of nitrogens with zero attached hydrogens (tertiary/aromatic N) is 4. The molecule has 0 aliphatic rings. The second-order valence-corrected chi connectivity index (χ2v) is 3.01. The summed E-state index contributed by atoms with van der Waals surface area (Å²) in [5.74, 6) is -0.492. The van der Waals surface area contributed by atoms with Gasteiger partial charge in [0.25, 0.3) is 0 Å². The maximum absolute atomic E-state index is 11.3. The molecule has 0 saturated heterocycles. The van der Waals surface area contributed by atoms with Crippen LogP contribution >= 0.6 is 0 Å². The zero-order chi connectivity index (χ0) is 10.7. The molecule has 0 saturated carbocycles. The second-order valence-electron chi connectivity index (χ2n) is 3.01. The predicted octanol–water partition coefficient (Wildman–Crippen LogP) is -0.252. The van der Waals surface area contributed by atoms with Gasteiger partial charge in [0.1, 0.15) is 6.33 Å². The largest absolute Gasteiger partial charge is 0.368 e. The third-order valence-corrected chi connectivity index (χ3v) is 2.01. The van der Waals surface area contributed by atoms with Crippen molar-refractivity contribution in [2.75, 3.05) is 0 Å². The van der Waals surface area contributed by atoms with Gasteiger partial charge in [0.05, 0.1) is 0 Å². The van der Waals surface area contributed by atoms with Crippen molar-refractivity contribution in [3.8, 4) is 0 Å². The first-order valence-electron chi connectivity index (χ1n) is 4.36. The second kappa shape index (κ2) is 3.87. The minimum atomic E-state index is -0.652. The number of hydrogen-bond donors (Lipinski definition) is 1. The van der Waals surface area contributed by atoms with Gasteiger partial charge in [0, 0.05) is 0 Å². The van der Waals surface area contributed by atoms with Gasteiger partial charge < -0.3 is 5.73 Å². The maximum atomic E-state index is 11.3. The summed E-state index contributed by atoms with van der Waals surface area (Å²) >= 11 is 0. The molecule has 2 aromatic rings. The Labute approximate surface area is 85.7 Å². The molecule has 15 heavy (non-hydrogen) atoms. The van der Waals surface area contributed by atoms with Crippen LogP contribution in [0.4, 0.5) is 0 Å². The molecular weight excluding hydrogens is 194 g/mol. The molecule has 1 amide bonds. The highest BCUT2D eigenvalue weighted by Gasteiger charge is 2.20. The molecule has 1 aromatic heterocycles. The number of rotatable bonds is 3. The highest BCUT2D eigenvalue weighted by atomic mass is 16.1. The van der Waals surface area contributed by atoms with E-state index in [9.17, 15) is 4.79 Å². The number of amides is 1. The highest BCUT2D eigenvalue weighted by molar-refractivity contribution is 5.81. The molecule has 0 fully saturated rings. The van der Waals surface area contributed by atoms with Gasteiger partial charge in [-0.3, -0.25) is 4.79 Å². The van der Waals surface area contributed by atoms with E-state index in [1.54, 1.807) is 12.1 Å². The third-order valence-electron chi connectivity index (χ3n) is 2.01. The van der Waals surface area contributed by atoms with Crippen molar-refractivity contribution < 1.29 is 4.79 Å². The third kappa shape index (κ3) is 1.83. The lowest BCUT2D eigenvalue weighted by Gasteiger charge is -2.12. The van der Waals surface area contributed by atoms with E-state index in [2.05, 4.69) is 15.5 Å². The van der Waals surface area contributed by atoms with E-state index >= 15 is 0 Å². The summed E-state index contributed by atoms with van der Waals surface area (Å²) < 4.78 is 1.33. The van der Waals surface area contributed by atoms with Gasteiger partial charge in [0.15, 0.2) is 6.04 Å². The van der Waals surface area contributed by atoms with E-state index < -0.39 is 11.9 Å². The van der Waals surface area contributed by atoms with Gasteiger partial charge in [-0.05, 0) is 16.0 Å². The monoisotopic (exact) mass is 203 g/mol. The average molecular weight is 203 g/mol. The molecule has 2 N–H and O–H groups in total. The SMILES string of the molecule is NC(=O)C(c1ccccc1)n1cnnn1. The van der Waals surface area contributed by atoms with Gasteiger partial charge in [-0.15, -0.1) is 5.10 Å². The summed E-state index contributed by atoms with van der Waals surface area (Å²) in [6, 6.07) is 8.47. The number of aromatic nitrogens is 4. The van der Waals surface area contributed by atoms with E-state index in [0.717, 1.165) is 5.56 Å². The summed E-state index contributed by atoms with van der Waals surface area (Å²) in [6.07, 6.45) is 1.36. The van der Waals surface area contributed by atoms with Crippen molar-refractivity contribution in [1.82, 2.24) is 20.2 Å². The summed E-state index contributed by atoms with van der Waals surface area (Å²) in [7, 11) is 0. The van der Waals surface area contributed by atoms with Crippen LogP contribution in [0.3, 0.4) is 0 Å². The van der Waals surface area contributed by atoms with E-state index in [4.69, 9.17) is 5.73 Å². The lowest BCUT2D eigenvalue weighted by Crippen LogP contribution is -2.27. The Balaban J connectivity index is 2.42. The Bertz CT molecular complexity index is 439. The number of carbonyl (C=O) groups is 1. The molecular formula is C9H9N5O. The Kier molecular flexibility index (Phi) is 2.40. The predicted molar refractivity (Wildman–Crippen MR) is 51.6 cm³/mol. The molecule has 0 aliphatic heterocycles. The topological polar surface area (TPSA) is 86.7 Å². The summed E-state index contributed by atoms with van der Waals surface area (Å²) in [6.45, 7) is 0. The fourth-order valence-electron chi connectivity index (χ4n) is 1.37. The van der Waals surface area contributed by atoms with Crippen LogP contribution in [-0.2, 0) is 4.79 Å². The standard InChI is InChI=1S/C9H9N5O/c10-9(15)8(14-6-11-12-13-14)7-4-2-1-3-5-7/h1-6,8H,(H2,10,15). The molecule has 0 spiro atoms. The van der Waals surface area contributed by atoms with Crippen molar-refractivity contribution >= 4 is 5.91 Å². The number of primary amides is 1. The first-order chi connectivity index (χ1) is 7.29. The van der Waals surface area contributed by atoms with E-state index in [1.807, 2.05) is 18.2 Å². The van der Waals surface area contributed by atoms with Crippen LogP contribution in [0.2, 0.25) is 0 Å². The zero-order valence-electron chi connectivity index (χ0n) is 7.82. The van der Waals surface area contributed by atoms with Crippen LogP contribution in [0.25, 0.3) is 0 Å². The fourth-order valence-corrected chi connectivity index (χ4v) is 1.37. The average Bonchev–Trinajstić information content (AvgIpc) is 2.72. The molecule has 6 heteroatoms. The van der Waals surface area contributed by atoms with Crippen LogP contribution in [-0.4, -0.2) is 26.1 Å². The van der Waals surface area contributed by atoms with Gasteiger partial charge in [0.2, 0.25) is 5.91 Å². The Hall–Kier alpha value is -2.24. The fraction of sp³-hybridized carbons (Fsp3) is 0.111. The molecule has 0 aliphatic carbocycles. The number of hydrogen-bond acceptors (Lipinski definition) is 4. The smallest absolute Gasteiger partial charge is 0.247 e. The van der Waals surface area contributed by atoms with Gasteiger partial charge in [-0.2, -0.15) is 0 Å². The molecule has 0 radical (unpaired) electrons. The van der Waals surface area contributed by atoms with Crippen molar-refractivity contribution in [2.45, 2.75) is 6.04 Å². The van der Waals surface area contributed by atoms with E-state index in [0.29, 0.717) is 0 Å². The first kappa shape index (κ1) is 9.32. The molecule has 2 rings (SSSR count). The molecule has 76 valence electrons. The van der Waals surface area contributed by atoms with Crippen molar-refractivity contribution in [1.29, 1.82) is 0 Å². The minimum absolute atomic E-state index is 0.492. The Morgan fingerprint density at radius 1 is 1.33 bits per heavy atom. The number of tetrazole rings is 1. The van der Waals surface area contributed by atoms with Gasteiger partial charge >= 0.3 is 0 Å². The van der Waals surface area contributed by atoms with E-state index in [1.165, 1.54) is 11.0 Å². The molecule has 1 unspecified atom stereocenters. The normalized spacial score (nSPS) is 12.3. The molecule has 1 atom stereocenters. The van der Waals surface area contributed by atoms with Crippen molar-refractivity contribution in [3.05, 3.63) is 42.2 Å². The van der Waals surface area contributed by atoms with Crippen LogP contribution < -0.4 is 5.73 Å². The summed E-state index contributed by atoms with van der Waals surface area (Å²) in [4.78, 5) is 11.3. The van der Waals surface area contributed by atoms with Crippen LogP contribution in [0.5, 0.6) is 0 Å². The lowest BCUT2D eigenvalue weighted by atomic mass is 10.1. The van der Waals surface area contributed by atoms with Crippen LogP contribution in [0.15, 0.2) is 36.7 Å². The molecule has 1 heterocycles. The number of carbonyl (C=O) groups excluding carboxylic acids is 1. The van der Waals surface area contributed by atoms with E-state index in [-0.39, 0.29) is 0 Å². The number of benzene rings is 1. The summed E-state index contributed by atoms with van der Waals surface area (Å²) in [5, 5.41) is 10.6. The first-order valence-corrected chi connectivity index (χ1v) is 4.36. The van der Waals surface area contributed by atoms with Crippen LogP contribution in [0, 0.1) is 0 Å². The Morgan fingerprint density at radius 3 is 2.60 bits per heavy atom. The quantitative estimate of drug-likeness (QED) is 0.745. The van der Waals surface area contributed by atoms with Crippen LogP contribution in [0.1, 0.15) is 11.6 Å². The number of nitrogens with two attached hydrogens (primary N) is 1. The lowest BCUT2D eigenvalue weighted by molar-refractivity contribution is -0.120. The maximum Gasteiger partial charge on any atom is 0.247 e. The zero-order valence-corrected chi connectivity index (χ0v) is 7.82.